The molecule has 0 saturated carbocycles. The molecule has 0 bridgehead atoms. The Balaban J connectivity index is 2.42. The van der Waals surface area contributed by atoms with Crippen LogP contribution in [-0.2, 0) is 4.79 Å². The van der Waals surface area contributed by atoms with Gasteiger partial charge in [-0.25, -0.2) is 14.5 Å². The highest BCUT2D eigenvalue weighted by atomic mass is 16.4. The Morgan fingerprint density at radius 1 is 1.47 bits per heavy atom. The van der Waals surface area contributed by atoms with E-state index in [1.165, 1.54) is 17.3 Å². The van der Waals surface area contributed by atoms with Gasteiger partial charge in [0, 0.05) is 0 Å². The molecule has 1 aromatic heterocycles. The van der Waals surface area contributed by atoms with E-state index < -0.39 is 12.0 Å². The van der Waals surface area contributed by atoms with Gasteiger partial charge in [-0.1, -0.05) is 32.6 Å². The summed E-state index contributed by atoms with van der Waals surface area (Å²) in [7, 11) is 0. The van der Waals surface area contributed by atoms with Crippen molar-refractivity contribution in [1.82, 2.24) is 14.8 Å². The molecule has 0 aliphatic carbocycles. The number of carboxylic acid groups (broad SMARTS) is 1. The second-order valence-corrected chi connectivity index (χ2v) is 3.58. The van der Waals surface area contributed by atoms with Crippen molar-refractivity contribution in [3.63, 3.8) is 0 Å². The van der Waals surface area contributed by atoms with Gasteiger partial charge < -0.3 is 5.11 Å². The fraction of sp³-hybridized carbons (Fsp3) is 0.700. The highest BCUT2D eigenvalue weighted by Crippen LogP contribution is 2.15. The van der Waals surface area contributed by atoms with Crippen LogP contribution in [0.5, 0.6) is 0 Å². The summed E-state index contributed by atoms with van der Waals surface area (Å²) in [6.07, 6.45) is 7.75. The molecule has 1 N–H and O–H groups in total. The van der Waals surface area contributed by atoms with Crippen molar-refractivity contribution in [2.75, 3.05) is 0 Å². The summed E-state index contributed by atoms with van der Waals surface area (Å²) in [5.41, 5.74) is 0. The van der Waals surface area contributed by atoms with Crippen LogP contribution in [-0.4, -0.2) is 25.8 Å². The van der Waals surface area contributed by atoms with Crippen LogP contribution in [0.1, 0.15) is 45.1 Å². The van der Waals surface area contributed by atoms with Crippen LogP contribution < -0.4 is 0 Å². The maximum absolute atomic E-state index is 11.0. The molecular weight excluding hydrogens is 194 g/mol. The second kappa shape index (κ2) is 6.16. The Labute approximate surface area is 89.1 Å². The highest BCUT2D eigenvalue weighted by molar-refractivity contribution is 5.71. The van der Waals surface area contributed by atoms with E-state index in [0.29, 0.717) is 6.42 Å². The van der Waals surface area contributed by atoms with Crippen molar-refractivity contribution < 1.29 is 9.90 Å². The Morgan fingerprint density at radius 3 is 2.80 bits per heavy atom. The van der Waals surface area contributed by atoms with Gasteiger partial charge in [-0.2, -0.15) is 5.10 Å². The van der Waals surface area contributed by atoms with Gasteiger partial charge in [-0.05, 0) is 6.42 Å². The van der Waals surface area contributed by atoms with Crippen LogP contribution in [0.4, 0.5) is 0 Å². The molecule has 0 fully saturated rings. The zero-order valence-electron chi connectivity index (χ0n) is 8.96. The molecule has 0 spiro atoms. The van der Waals surface area contributed by atoms with Gasteiger partial charge in [-0.3, -0.25) is 0 Å². The molecule has 84 valence electrons. The van der Waals surface area contributed by atoms with Crippen molar-refractivity contribution in [3.05, 3.63) is 12.7 Å². The third kappa shape index (κ3) is 3.69. The summed E-state index contributed by atoms with van der Waals surface area (Å²) in [5, 5.41) is 12.9. The molecule has 0 saturated heterocycles. The van der Waals surface area contributed by atoms with E-state index in [-0.39, 0.29) is 0 Å². The fourth-order valence-electron chi connectivity index (χ4n) is 1.51. The third-order valence-electron chi connectivity index (χ3n) is 2.37. The Morgan fingerprint density at radius 2 is 2.27 bits per heavy atom. The summed E-state index contributed by atoms with van der Waals surface area (Å²) in [6, 6.07) is -0.565. The van der Waals surface area contributed by atoms with Crippen LogP contribution in [0.2, 0.25) is 0 Å². The molecule has 0 aliphatic rings. The molecular formula is C10H17N3O2. The van der Waals surface area contributed by atoms with E-state index in [0.717, 1.165) is 25.7 Å². The quantitative estimate of drug-likeness (QED) is 0.699. The zero-order valence-corrected chi connectivity index (χ0v) is 8.96. The molecule has 15 heavy (non-hydrogen) atoms. The van der Waals surface area contributed by atoms with Crippen LogP contribution in [0.3, 0.4) is 0 Å². The summed E-state index contributed by atoms with van der Waals surface area (Å²) in [4.78, 5) is 14.7. The first-order valence-electron chi connectivity index (χ1n) is 5.32. The van der Waals surface area contributed by atoms with E-state index in [4.69, 9.17) is 5.11 Å². The van der Waals surface area contributed by atoms with Gasteiger partial charge in [-0.15, -0.1) is 0 Å². The van der Waals surface area contributed by atoms with Crippen molar-refractivity contribution in [2.24, 2.45) is 0 Å². The number of unbranched alkanes of at least 4 members (excludes halogenated alkanes) is 3. The van der Waals surface area contributed by atoms with E-state index >= 15 is 0 Å². The summed E-state index contributed by atoms with van der Waals surface area (Å²) < 4.78 is 1.41. The molecule has 1 unspecified atom stereocenters. The number of nitrogens with zero attached hydrogens (tertiary/aromatic N) is 3. The molecule has 1 heterocycles. The zero-order chi connectivity index (χ0) is 11.1. The number of aromatic nitrogens is 3. The van der Waals surface area contributed by atoms with Gasteiger partial charge in [0.2, 0.25) is 0 Å². The minimum Gasteiger partial charge on any atom is -0.480 e. The lowest BCUT2D eigenvalue weighted by Crippen LogP contribution is -2.19. The van der Waals surface area contributed by atoms with Gasteiger partial charge in [0.25, 0.3) is 0 Å². The number of rotatable bonds is 7. The van der Waals surface area contributed by atoms with E-state index in [9.17, 15) is 4.79 Å². The topological polar surface area (TPSA) is 68.0 Å². The number of hydrogen-bond acceptors (Lipinski definition) is 3. The molecule has 0 aliphatic heterocycles. The first-order valence-corrected chi connectivity index (χ1v) is 5.32. The Hall–Kier alpha value is -1.39. The van der Waals surface area contributed by atoms with Crippen LogP contribution in [0.25, 0.3) is 0 Å². The lowest BCUT2D eigenvalue weighted by atomic mass is 10.1. The van der Waals surface area contributed by atoms with E-state index in [2.05, 4.69) is 17.0 Å². The lowest BCUT2D eigenvalue weighted by Gasteiger charge is -2.11. The third-order valence-corrected chi connectivity index (χ3v) is 2.37. The largest absolute Gasteiger partial charge is 0.480 e. The number of carbonyl (C=O) groups is 1. The molecule has 0 amide bonds. The molecule has 1 atom stereocenters. The molecule has 1 aromatic rings. The second-order valence-electron chi connectivity index (χ2n) is 3.58. The van der Waals surface area contributed by atoms with Crippen LogP contribution in [0, 0.1) is 0 Å². The van der Waals surface area contributed by atoms with Gasteiger partial charge >= 0.3 is 5.97 Å². The summed E-state index contributed by atoms with van der Waals surface area (Å²) in [5.74, 6) is -0.836. The van der Waals surface area contributed by atoms with E-state index in [1.54, 1.807) is 0 Å². The summed E-state index contributed by atoms with van der Waals surface area (Å²) >= 11 is 0. The molecule has 5 nitrogen and oxygen atoms in total. The smallest absolute Gasteiger partial charge is 0.328 e. The van der Waals surface area contributed by atoms with Crippen molar-refractivity contribution in [2.45, 2.75) is 45.1 Å². The summed E-state index contributed by atoms with van der Waals surface area (Å²) in [6.45, 7) is 2.13. The highest BCUT2D eigenvalue weighted by Gasteiger charge is 2.19. The van der Waals surface area contributed by atoms with Crippen LogP contribution in [0.15, 0.2) is 12.7 Å². The fourth-order valence-corrected chi connectivity index (χ4v) is 1.51. The SMILES string of the molecule is CCCCCCC(C(=O)O)n1cncn1. The predicted molar refractivity (Wildman–Crippen MR) is 55.5 cm³/mol. The van der Waals surface area contributed by atoms with Crippen LogP contribution >= 0.6 is 0 Å². The predicted octanol–water partition coefficient (Wildman–Crippen LogP) is 1.87. The lowest BCUT2D eigenvalue weighted by molar-refractivity contribution is -0.141. The van der Waals surface area contributed by atoms with Crippen molar-refractivity contribution in [3.8, 4) is 0 Å². The van der Waals surface area contributed by atoms with Gasteiger partial charge in [0.15, 0.2) is 6.04 Å². The van der Waals surface area contributed by atoms with Gasteiger partial charge in [0.05, 0.1) is 0 Å². The van der Waals surface area contributed by atoms with Crippen molar-refractivity contribution in [1.29, 1.82) is 0 Å². The molecule has 5 heteroatoms. The first-order chi connectivity index (χ1) is 7.25. The number of carboxylic acids is 1. The maximum atomic E-state index is 11.0. The standard InChI is InChI=1S/C10H17N3O2/c1-2-3-4-5-6-9(10(14)15)13-8-11-7-12-13/h7-9H,2-6H2,1H3,(H,14,15). The number of aliphatic carboxylic acids is 1. The minimum atomic E-state index is -0.836. The van der Waals surface area contributed by atoms with E-state index in [1.807, 2.05) is 0 Å². The van der Waals surface area contributed by atoms with Gasteiger partial charge in [0.1, 0.15) is 12.7 Å². The average molecular weight is 211 g/mol. The average Bonchev–Trinajstić information content (AvgIpc) is 2.70. The normalized spacial score (nSPS) is 12.6. The Bertz CT molecular complexity index is 285. The maximum Gasteiger partial charge on any atom is 0.328 e. The first kappa shape index (κ1) is 11.7. The molecule has 0 radical (unpaired) electrons. The Kier molecular flexibility index (Phi) is 4.80. The minimum absolute atomic E-state index is 0.565. The molecule has 1 rings (SSSR count). The number of hydrogen-bond donors (Lipinski definition) is 1. The molecule has 0 aromatic carbocycles. The van der Waals surface area contributed by atoms with Crippen molar-refractivity contribution >= 4 is 5.97 Å². The monoisotopic (exact) mass is 211 g/mol.